The molecule has 0 heterocycles. The van der Waals surface area contributed by atoms with E-state index in [1.807, 2.05) is 0 Å². The maximum absolute atomic E-state index is 3.68. The van der Waals surface area contributed by atoms with Gasteiger partial charge in [-0.15, -0.1) is 0 Å². The zero-order valence-electron chi connectivity index (χ0n) is 8.78. The van der Waals surface area contributed by atoms with E-state index in [1.165, 1.54) is 24.6 Å². The second-order valence-electron chi connectivity index (χ2n) is 5.04. The predicted molar refractivity (Wildman–Crippen MR) is 58.7 cm³/mol. The van der Waals surface area contributed by atoms with Crippen LogP contribution < -0.4 is 0 Å². The van der Waals surface area contributed by atoms with Crippen molar-refractivity contribution >= 4 is 15.9 Å². The van der Waals surface area contributed by atoms with Crippen LogP contribution in [0.4, 0.5) is 0 Å². The van der Waals surface area contributed by atoms with E-state index in [4.69, 9.17) is 0 Å². The molecule has 0 amide bonds. The number of halogens is 1. The smallest absolute Gasteiger partial charge is 0.00958 e. The van der Waals surface area contributed by atoms with Crippen molar-refractivity contribution in [2.75, 3.05) is 5.33 Å². The van der Waals surface area contributed by atoms with Gasteiger partial charge in [-0.2, -0.15) is 0 Å². The molecule has 2 unspecified atom stereocenters. The van der Waals surface area contributed by atoms with Gasteiger partial charge in [0.1, 0.15) is 0 Å². The first-order chi connectivity index (χ1) is 5.50. The highest BCUT2D eigenvalue weighted by Gasteiger charge is 2.62. The molecule has 0 nitrogen and oxygen atoms in total. The van der Waals surface area contributed by atoms with Crippen molar-refractivity contribution in [1.82, 2.24) is 0 Å². The summed E-state index contributed by atoms with van der Waals surface area (Å²) in [5.74, 6) is 0.886. The van der Waals surface area contributed by atoms with E-state index in [1.54, 1.807) is 0 Å². The number of hydrogen-bond donors (Lipinski definition) is 0. The predicted octanol–water partition coefficient (Wildman–Crippen LogP) is 4.23. The van der Waals surface area contributed by atoms with Gasteiger partial charge >= 0.3 is 0 Å². The van der Waals surface area contributed by atoms with Gasteiger partial charge in [-0.1, -0.05) is 56.5 Å². The summed E-state index contributed by atoms with van der Waals surface area (Å²) in [5, 5.41) is 1.19. The zero-order valence-corrected chi connectivity index (χ0v) is 10.4. The van der Waals surface area contributed by atoms with E-state index in [0.717, 1.165) is 5.92 Å². The molecule has 72 valence electrons. The largest absolute Gasteiger partial charge is 0.0922 e. The number of rotatable bonds is 4. The van der Waals surface area contributed by atoms with Crippen molar-refractivity contribution in [1.29, 1.82) is 0 Å². The lowest BCUT2D eigenvalue weighted by Crippen LogP contribution is -2.20. The van der Waals surface area contributed by atoms with E-state index in [0.29, 0.717) is 10.8 Å². The minimum absolute atomic E-state index is 0.588. The Balaban J connectivity index is 2.59. The van der Waals surface area contributed by atoms with Gasteiger partial charge in [0.2, 0.25) is 0 Å². The number of hydrogen-bond acceptors (Lipinski definition) is 0. The van der Waals surface area contributed by atoms with Gasteiger partial charge in [-0.05, 0) is 23.2 Å². The summed E-state index contributed by atoms with van der Waals surface area (Å²) in [4.78, 5) is 0. The van der Waals surface area contributed by atoms with Crippen LogP contribution in [0.3, 0.4) is 0 Å². The number of alkyl halides is 1. The highest BCUT2D eigenvalue weighted by molar-refractivity contribution is 9.09. The summed E-state index contributed by atoms with van der Waals surface area (Å²) in [6.45, 7) is 9.51. The van der Waals surface area contributed by atoms with Crippen LogP contribution in [0.15, 0.2) is 0 Å². The van der Waals surface area contributed by atoms with Crippen molar-refractivity contribution in [2.45, 2.75) is 47.0 Å². The molecule has 1 heteroatoms. The average molecular weight is 233 g/mol. The minimum atomic E-state index is 0.588. The van der Waals surface area contributed by atoms with Gasteiger partial charge in [0.15, 0.2) is 0 Å². The lowest BCUT2D eigenvalue weighted by molar-refractivity contribution is 0.279. The van der Waals surface area contributed by atoms with Crippen LogP contribution in [0.25, 0.3) is 0 Å². The van der Waals surface area contributed by atoms with Crippen LogP contribution in [0, 0.1) is 16.7 Å². The molecule has 12 heavy (non-hydrogen) atoms. The van der Waals surface area contributed by atoms with Crippen molar-refractivity contribution in [3.05, 3.63) is 0 Å². The zero-order chi connectivity index (χ0) is 9.41. The second kappa shape index (κ2) is 3.32. The Morgan fingerprint density at radius 3 is 2.17 bits per heavy atom. The highest BCUT2D eigenvalue weighted by Crippen LogP contribution is 2.68. The van der Waals surface area contributed by atoms with E-state index in [-0.39, 0.29) is 0 Å². The molecule has 0 radical (unpaired) electrons. The molecule has 0 spiro atoms. The molecule has 1 aliphatic rings. The molecular weight excluding hydrogens is 212 g/mol. The van der Waals surface area contributed by atoms with Gasteiger partial charge in [0.05, 0.1) is 0 Å². The van der Waals surface area contributed by atoms with Crippen molar-refractivity contribution in [2.24, 2.45) is 16.7 Å². The SMILES string of the molecule is CCCC(C)C1(CBr)CC1(C)C. The third-order valence-corrected chi connectivity index (χ3v) is 4.88. The molecule has 2 atom stereocenters. The maximum Gasteiger partial charge on any atom is 0.00958 e. The van der Waals surface area contributed by atoms with Crippen LogP contribution in [-0.4, -0.2) is 5.33 Å². The Bertz CT molecular complexity index is 162. The summed E-state index contributed by atoms with van der Waals surface area (Å²) < 4.78 is 0. The third kappa shape index (κ3) is 1.45. The lowest BCUT2D eigenvalue weighted by atomic mass is 9.83. The molecule has 0 aliphatic heterocycles. The summed E-state index contributed by atoms with van der Waals surface area (Å²) >= 11 is 3.68. The maximum atomic E-state index is 3.68. The molecule has 0 aromatic carbocycles. The molecular formula is C11H21Br. The van der Waals surface area contributed by atoms with Gasteiger partial charge in [0, 0.05) is 5.33 Å². The van der Waals surface area contributed by atoms with Gasteiger partial charge in [0.25, 0.3) is 0 Å². The normalized spacial score (nSPS) is 34.8. The third-order valence-electron chi connectivity index (χ3n) is 3.88. The van der Waals surface area contributed by atoms with Crippen molar-refractivity contribution in [3.8, 4) is 0 Å². The van der Waals surface area contributed by atoms with E-state index in [2.05, 4.69) is 43.6 Å². The van der Waals surface area contributed by atoms with Crippen LogP contribution >= 0.6 is 15.9 Å². The first-order valence-corrected chi connectivity index (χ1v) is 6.18. The van der Waals surface area contributed by atoms with E-state index in [9.17, 15) is 0 Å². The molecule has 1 rings (SSSR count). The van der Waals surface area contributed by atoms with Gasteiger partial charge < -0.3 is 0 Å². The first-order valence-electron chi connectivity index (χ1n) is 5.06. The second-order valence-corrected chi connectivity index (χ2v) is 5.60. The Hall–Kier alpha value is 0.480. The Morgan fingerprint density at radius 1 is 1.42 bits per heavy atom. The molecule has 0 saturated heterocycles. The van der Waals surface area contributed by atoms with Crippen molar-refractivity contribution < 1.29 is 0 Å². The van der Waals surface area contributed by atoms with Crippen LogP contribution in [0.5, 0.6) is 0 Å². The summed E-state index contributed by atoms with van der Waals surface area (Å²) in [6, 6.07) is 0. The van der Waals surface area contributed by atoms with E-state index < -0.39 is 0 Å². The quantitative estimate of drug-likeness (QED) is 0.637. The standard InChI is InChI=1S/C11H21Br/c1-5-6-9(2)11(8-12)7-10(11,3)4/h9H,5-8H2,1-4H3. The first kappa shape index (κ1) is 10.6. The average Bonchev–Trinajstić information content (AvgIpc) is 2.55. The minimum Gasteiger partial charge on any atom is -0.0922 e. The monoisotopic (exact) mass is 232 g/mol. The van der Waals surface area contributed by atoms with Crippen LogP contribution in [-0.2, 0) is 0 Å². The fraction of sp³-hybridized carbons (Fsp3) is 1.00. The fourth-order valence-corrected chi connectivity index (χ4v) is 4.16. The summed E-state index contributed by atoms with van der Waals surface area (Å²) in [7, 11) is 0. The Morgan fingerprint density at radius 2 is 1.92 bits per heavy atom. The molecule has 0 aromatic heterocycles. The molecule has 0 aromatic rings. The van der Waals surface area contributed by atoms with Gasteiger partial charge in [-0.25, -0.2) is 0 Å². The molecule has 1 aliphatic carbocycles. The summed E-state index contributed by atoms with van der Waals surface area (Å²) in [5.41, 5.74) is 1.20. The highest BCUT2D eigenvalue weighted by atomic mass is 79.9. The molecule has 0 bridgehead atoms. The topological polar surface area (TPSA) is 0 Å². The van der Waals surface area contributed by atoms with Crippen molar-refractivity contribution in [3.63, 3.8) is 0 Å². The van der Waals surface area contributed by atoms with E-state index >= 15 is 0 Å². The van der Waals surface area contributed by atoms with Crippen LogP contribution in [0.2, 0.25) is 0 Å². The fourth-order valence-electron chi connectivity index (χ4n) is 2.65. The van der Waals surface area contributed by atoms with Crippen LogP contribution in [0.1, 0.15) is 47.0 Å². The molecule has 0 N–H and O–H groups in total. The summed E-state index contributed by atoms with van der Waals surface area (Å²) in [6.07, 6.45) is 4.12. The Kier molecular flexibility index (Phi) is 2.92. The Labute approximate surface area is 85.3 Å². The molecule has 1 saturated carbocycles. The van der Waals surface area contributed by atoms with Gasteiger partial charge in [-0.3, -0.25) is 0 Å². The lowest BCUT2D eigenvalue weighted by Gasteiger charge is -2.25. The molecule has 1 fully saturated rings.